The molecule has 0 spiro atoms. The summed E-state index contributed by atoms with van der Waals surface area (Å²) < 4.78 is 1.32. The molecule has 1 aromatic carbocycles. The molecule has 3 rings (SSSR count). The third-order valence-electron chi connectivity index (χ3n) is 3.84. The molecule has 1 unspecified atom stereocenters. The van der Waals surface area contributed by atoms with Gasteiger partial charge in [0.15, 0.2) is 0 Å². The summed E-state index contributed by atoms with van der Waals surface area (Å²) in [5, 5.41) is 17.6. The molecule has 1 fully saturated rings. The number of benzene rings is 1. The average molecular weight is 261 g/mol. The van der Waals surface area contributed by atoms with Gasteiger partial charge in [-0.25, -0.2) is 0 Å². The van der Waals surface area contributed by atoms with E-state index in [1.54, 1.807) is 11.3 Å². The molecule has 0 amide bonds. The Morgan fingerprint density at radius 2 is 2.11 bits per heavy atom. The van der Waals surface area contributed by atoms with Crippen molar-refractivity contribution in [3.63, 3.8) is 0 Å². The second-order valence-electron chi connectivity index (χ2n) is 5.26. The molecule has 1 aliphatic heterocycles. The summed E-state index contributed by atoms with van der Waals surface area (Å²) >= 11 is 1.78. The normalized spacial score (nSPS) is 25.2. The van der Waals surface area contributed by atoms with Gasteiger partial charge in [0.05, 0.1) is 5.60 Å². The minimum absolute atomic E-state index is 0.520. The SMILES string of the molecule is OC1(Cc2csc3ccccc23)CCCNCC1. The zero-order valence-electron chi connectivity index (χ0n) is 10.5. The van der Waals surface area contributed by atoms with Crippen molar-refractivity contribution in [2.24, 2.45) is 0 Å². The lowest BCUT2D eigenvalue weighted by molar-refractivity contribution is 0.0288. The highest BCUT2D eigenvalue weighted by atomic mass is 32.1. The highest BCUT2D eigenvalue weighted by molar-refractivity contribution is 7.17. The topological polar surface area (TPSA) is 32.3 Å². The van der Waals surface area contributed by atoms with E-state index >= 15 is 0 Å². The molecule has 1 saturated heterocycles. The lowest BCUT2D eigenvalue weighted by Gasteiger charge is -2.26. The van der Waals surface area contributed by atoms with E-state index in [1.807, 2.05) is 0 Å². The summed E-state index contributed by atoms with van der Waals surface area (Å²) in [5.41, 5.74) is 0.785. The van der Waals surface area contributed by atoms with Crippen LogP contribution >= 0.6 is 11.3 Å². The van der Waals surface area contributed by atoms with Crippen LogP contribution in [0.4, 0.5) is 0 Å². The van der Waals surface area contributed by atoms with E-state index in [9.17, 15) is 5.11 Å². The van der Waals surface area contributed by atoms with Gasteiger partial charge in [-0.2, -0.15) is 0 Å². The van der Waals surface area contributed by atoms with Crippen LogP contribution in [0.2, 0.25) is 0 Å². The maximum absolute atomic E-state index is 10.7. The predicted molar refractivity (Wildman–Crippen MR) is 77.2 cm³/mol. The van der Waals surface area contributed by atoms with Gasteiger partial charge in [-0.1, -0.05) is 18.2 Å². The van der Waals surface area contributed by atoms with Crippen LogP contribution in [-0.4, -0.2) is 23.8 Å². The Morgan fingerprint density at radius 1 is 1.22 bits per heavy atom. The van der Waals surface area contributed by atoms with Gasteiger partial charge in [0.2, 0.25) is 0 Å². The van der Waals surface area contributed by atoms with E-state index in [-0.39, 0.29) is 0 Å². The summed E-state index contributed by atoms with van der Waals surface area (Å²) in [5.74, 6) is 0. The van der Waals surface area contributed by atoms with Gasteiger partial charge in [0.1, 0.15) is 0 Å². The van der Waals surface area contributed by atoms with E-state index in [2.05, 4.69) is 35.0 Å². The molecular formula is C15H19NOS. The number of nitrogens with one attached hydrogen (secondary N) is 1. The van der Waals surface area contributed by atoms with Crippen molar-refractivity contribution >= 4 is 21.4 Å². The van der Waals surface area contributed by atoms with E-state index < -0.39 is 5.60 Å². The molecule has 0 bridgehead atoms. The van der Waals surface area contributed by atoms with Crippen LogP contribution in [0.5, 0.6) is 0 Å². The number of hydrogen-bond acceptors (Lipinski definition) is 3. The van der Waals surface area contributed by atoms with Crippen molar-refractivity contribution in [3.8, 4) is 0 Å². The molecule has 0 aliphatic carbocycles. The minimum Gasteiger partial charge on any atom is -0.389 e. The molecule has 3 heteroatoms. The quantitative estimate of drug-likeness (QED) is 0.871. The van der Waals surface area contributed by atoms with Gasteiger partial charge in [0, 0.05) is 11.1 Å². The number of hydrogen-bond donors (Lipinski definition) is 2. The number of fused-ring (bicyclic) bond motifs is 1. The van der Waals surface area contributed by atoms with Crippen molar-refractivity contribution in [3.05, 3.63) is 35.2 Å². The third-order valence-corrected chi connectivity index (χ3v) is 4.86. The molecule has 0 saturated carbocycles. The fourth-order valence-corrected chi connectivity index (χ4v) is 3.78. The van der Waals surface area contributed by atoms with Crippen molar-refractivity contribution in [2.45, 2.75) is 31.3 Å². The molecule has 1 atom stereocenters. The third kappa shape index (κ3) is 2.44. The minimum atomic E-state index is -0.520. The number of aliphatic hydroxyl groups is 1. The lowest BCUT2D eigenvalue weighted by Crippen LogP contribution is -2.32. The average Bonchev–Trinajstić information content (AvgIpc) is 2.64. The zero-order chi connectivity index (χ0) is 12.4. The van der Waals surface area contributed by atoms with Crippen molar-refractivity contribution in [1.82, 2.24) is 5.32 Å². The second kappa shape index (κ2) is 5.00. The first-order valence-electron chi connectivity index (χ1n) is 6.65. The summed E-state index contributed by atoms with van der Waals surface area (Å²) in [6.07, 6.45) is 3.62. The van der Waals surface area contributed by atoms with Crippen LogP contribution in [0.3, 0.4) is 0 Å². The van der Waals surface area contributed by atoms with E-state index in [4.69, 9.17) is 0 Å². The fourth-order valence-electron chi connectivity index (χ4n) is 2.81. The molecule has 2 N–H and O–H groups in total. The Kier molecular flexibility index (Phi) is 3.37. The first-order valence-corrected chi connectivity index (χ1v) is 7.53. The first-order chi connectivity index (χ1) is 8.77. The molecule has 2 heterocycles. The zero-order valence-corrected chi connectivity index (χ0v) is 11.3. The van der Waals surface area contributed by atoms with Gasteiger partial charge in [-0.05, 0) is 54.7 Å². The Morgan fingerprint density at radius 3 is 3.06 bits per heavy atom. The molecule has 96 valence electrons. The largest absolute Gasteiger partial charge is 0.389 e. The van der Waals surface area contributed by atoms with Crippen molar-refractivity contribution in [1.29, 1.82) is 0 Å². The van der Waals surface area contributed by atoms with Gasteiger partial charge in [-0.3, -0.25) is 0 Å². The number of rotatable bonds is 2. The van der Waals surface area contributed by atoms with Crippen molar-refractivity contribution in [2.75, 3.05) is 13.1 Å². The first kappa shape index (κ1) is 12.2. The highest BCUT2D eigenvalue weighted by Gasteiger charge is 2.28. The van der Waals surface area contributed by atoms with Gasteiger partial charge >= 0.3 is 0 Å². The Bertz CT molecular complexity index is 526. The summed E-state index contributed by atoms with van der Waals surface area (Å²) in [6.45, 7) is 1.96. The molecule has 0 radical (unpaired) electrons. The van der Waals surface area contributed by atoms with E-state index in [0.717, 1.165) is 38.8 Å². The lowest BCUT2D eigenvalue weighted by atomic mass is 9.88. The monoisotopic (exact) mass is 261 g/mol. The molecule has 18 heavy (non-hydrogen) atoms. The van der Waals surface area contributed by atoms with Crippen LogP contribution in [0.25, 0.3) is 10.1 Å². The second-order valence-corrected chi connectivity index (χ2v) is 6.17. The standard InChI is InChI=1S/C15H19NOS/c17-15(6-3-8-16-9-7-15)10-12-11-18-14-5-2-1-4-13(12)14/h1-2,4-5,11,16-17H,3,6-10H2. The molecule has 1 aliphatic rings. The van der Waals surface area contributed by atoms with Crippen LogP contribution in [0.1, 0.15) is 24.8 Å². The Hall–Kier alpha value is -0.900. The van der Waals surface area contributed by atoms with Crippen LogP contribution in [0.15, 0.2) is 29.6 Å². The van der Waals surface area contributed by atoms with Crippen molar-refractivity contribution < 1.29 is 5.11 Å². The molecular weight excluding hydrogens is 242 g/mol. The smallest absolute Gasteiger partial charge is 0.0701 e. The van der Waals surface area contributed by atoms with Crippen LogP contribution < -0.4 is 5.32 Å². The summed E-state index contributed by atoms with van der Waals surface area (Å²) in [4.78, 5) is 0. The summed E-state index contributed by atoms with van der Waals surface area (Å²) in [6, 6.07) is 8.48. The Balaban J connectivity index is 1.86. The molecule has 1 aromatic heterocycles. The summed E-state index contributed by atoms with van der Waals surface area (Å²) in [7, 11) is 0. The van der Waals surface area contributed by atoms with Gasteiger partial charge < -0.3 is 10.4 Å². The fraction of sp³-hybridized carbons (Fsp3) is 0.467. The number of thiophene rings is 1. The molecule has 2 nitrogen and oxygen atoms in total. The van der Waals surface area contributed by atoms with E-state index in [0.29, 0.717) is 0 Å². The maximum Gasteiger partial charge on any atom is 0.0701 e. The van der Waals surface area contributed by atoms with Gasteiger partial charge in [-0.15, -0.1) is 11.3 Å². The Labute approximate surface area is 112 Å². The highest BCUT2D eigenvalue weighted by Crippen LogP contribution is 2.31. The maximum atomic E-state index is 10.7. The molecule has 2 aromatic rings. The van der Waals surface area contributed by atoms with Crippen LogP contribution in [0, 0.1) is 0 Å². The van der Waals surface area contributed by atoms with Gasteiger partial charge in [0.25, 0.3) is 0 Å². The predicted octanol–water partition coefficient (Wildman–Crippen LogP) is 2.95. The van der Waals surface area contributed by atoms with Crippen LogP contribution in [-0.2, 0) is 6.42 Å². The van der Waals surface area contributed by atoms with E-state index in [1.165, 1.54) is 15.6 Å².